The number of nitrogens with two attached hydrogens (primary N) is 1. The Bertz CT molecular complexity index is 419. The normalized spacial score (nSPS) is 17.5. The maximum Gasteiger partial charge on any atom is 0.404 e. The van der Waals surface area contributed by atoms with Crippen LogP contribution in [0.4, 0.5) is 4.79 Å². The minimum Gasteiger partial charge on any atom is -0.450 e. The second kappa shape index (κ2) is 7.21. The second-order valence-corrected chi connectivity index (χ2v) is 7.23. The van der Waals surface area contributed by atoms with Gasteiger partial charge in [0.1, 0.15) is 5.01 Å². The Morgan fingerprint density at radius 2 is 2.32 bits per heavy atom. The lowest BCUT2D eigenvalue weighted by molar-refractivity contribution is 0.127. The number of amides is 1. The zero-order valence-corrected chi connectivity index (χ0v) is 13.1. The summed E-state index contributed by atoms with van der Waals surface area (Å²) in [5.41, 5.74) is 4.94. The molecule has 106 valence electrons. The predicted molar refractivity (Wildman–Crippen MR) is 78.0 cm³/mol. The van der Waals surface area contributed by atoms with E-state index in [1.807, 2.05) is 6.20 Å². The number of carbonyl (C=O) groups excluding carboxylic acids is 1. The fraction of sp³-hybridized carbons (Fsp3) is 0.667. The molecular formula is C12H18BrN3O2S. The highest BCUT2D eigenvalue weighted by Gasteiger charge is 2.20. The van der Waals surface area contributed by atoms with Gasteiger partial charge in [0.2, 0.25) is 0 Å². The Labute approximate surface area is 125 Å². The fourth-order valence-electron chi connectivity index (χ4n) is 2.31. The lowest BCUT2D eigenvalue weighted by atomic mass is 9.94. The van der Waals surface area contributed by atoms with Crippen molar-refractivity contribution in [3.63, 3.8) is 0 Å². The number of aromatic nitrogens is 1. The number of nitrogens with zero attached hydrogens (tertiary/aromatic N) is 2. The smallest absolute Gasteiger partial charge is 0.404 e. The van der Waals surface area contributed by atoms with Crippen LogP contribution in [0.3, 0.4) is 0 Å². The minimum atomic E-state index is -0.674. The first-order valence-electron chi connectivity index (χ1n) is 6.38. The van der Waals surface area contributed by atoms with E-state index in [1.54, 1.807) is 11.3 Å². The van der Waals surface area contributed by atoms with Crippen LogP contribution < -0.4 is 5.73 Å². The summed E-state index contributed by atoms with van der Waals surface area (Å²) in [4.78, 5) is 17.3. The maximum atomic E-state index is 10.5. The van der Waals surface area contributed by atoms with E-state index in [4.69, 9.17) is 10.5 Å². The van der Waals surface area contributed by atoms with Crippen LogP contribution in [0.2, 0.25) is 0 Å². The molecule has 0 bridgehead atoms. The van der Waals surface area contributed by atoms with E-state index in [2.05, 4.69) is 25.8 Å². The van der Waals surface area contributed by atoms with Crippen molar-refractivity contribution in [3.05, 3.63) is 15.0 Å². The third-order valence-electron chi connectivity index (χ3n) is 3.36. The Hall–Kier alpha value is -0.660. The summed E-state index contributed by atoms with van der Waals surface area (Å²) in [5, 5.41) is 1.15. The average Bonchev–Trinajstić information content (AvgIpc) is 2.77. The summed E-state index contributed by atoms with van der Waals surface area (Å²) in [7, 11) is 0. The number of halogens is 1. The van der Waals surface area contributed by atoms with E-state index in [1.165, 1.54) is 0 Å². The van der Waals surface area contributed by atoms with E-state index < -0.39 is 6.09 Å². The number of piperidine rings is 1. The summed E-state index contributed by atoms with van der Waals surface area (Å²) in [6.07, 6.45) is 4.39. The Kier molecular flexibility index (Phi) is 5.59. The highest BCUT2D eigenvalue weighted by atomic mass is 79.9. The monoisotopic (exact) mass is 347 g/mol. The number of rotatable bonds is 5. The number of thiazole rings is 1. The number of primary amides is 1. The first-order chi connectivity index (χ1) is 9.13. The quantitative estimate of drug-likeness (QED) is 0.888. The topological polar surface area (TPSA) is 68.5 Å². The highest BCUT2D eigenvalue weighted by molar-refractivity contribution is 9.11. The van der Waals surface area contributed by atoms with Gasteiger partial charge >= 0.3 is 6.09 Å². The molecule has 2 heterocycles. The van der Waals surface area contributed by atoms with Gasteiger partial charge in [-0.25, -0.2) is 9.78 Å². The molecule has 1 aliphatic heterocycles. The zero-order valence-electron chi connectivity index (χ0n) is 10.7. The summed E-state index contributed by atoms with van der Waals surface area (Å²) >= 11 is 5.12. The van der Waals surface area contributed by atoms with Crippen molar-refractivity contribution in [2.24, 2.45) is 11.7 Å². The fourth-order valence-corrected chi connectivity index (χ4v) is 3.66. The maximum absolute atomic E-state index is 10.5. The Morgan fingerprint density at radius 3 is 2.89 bits per heavy atom. The van der Waals surface area contributed by atoms with E-state index >= 15 is 0 Å². The summed E-state index contributed by atoms with van der Waals surface area (Å²) in [6, 6.07) is 0. The molecule has 0 radical (unpaired) electrons. The molecule has 1 saturated heterocycles. The van der Waals surface area contributed by atoms with Gasteiger partial charge in [0.05, 0.1) is 23.1 Å². The molecule has 1 aromatic rings. The molecule has 1 aliphatic rings. The van der Waals surface area contributed by atoms with Crippen molar-refractivity contribution in [2.75, 3.05) is 19.7 Å². The molecule has 7 heteroatoms. The van der Waals surface area contributed by atoms with Gasteiger partial charge in [-0.1, -0.05) is 0 Å². The average molecular weight is 348 g/mol. The van der Waals surface area contributed by atoms with Crippen LogP contribution in [0.5, 0.6) is 0 Å². The van der Waals surface area contributed by atoms with Crippen LogP contribution in [0.1, 0.15) is 24.3 Å². The molecule has 0 spiro atoms. The minimum absolute atomic E-state index is 0.444. The molecule has 2 rings (SSSR count). The van der Waals surface area contributed by atoms with Gasteiger partial charge in [0.15, 0.2) is 0 Å². The van der Waals surface area contributed by atoms with Gasteiger partial charge in [-0.05, 0) is 54.2 Å². The third kappa shape index (κ3) is 5.08. The number of ether oxygens (including phenoxy) is 1. The number of hydrogen-bond donors (Lipinski definition) is 1. The summed E-state index contributed by atoms with van der Waals surface area (Å²) in [5.74, 6) is 0.638. The first kappa shape index (κ1) is 14.7. The summed E-state index contributed by atoms with van der Waals surface area (Å²) < 4.78 is 5.87. The first-order valence-corrected chi connectivity index (χ1v) is 7.99. The van der Waals surface area contributed by atoms with Crippen LogP contribution in [0.15, 0.2) is 9.98 Å². The molecule has 0 aromatic carbocycles. The largest absolute Gasteiger partial charge is 0.450 e. The van der Waals surface area contributed by atoms with E-state index in [0.29, 0.717) is 12.5 Å². The van der Waals surface area contributed by atoms with Gasteiger partial charge in [0, 0.05) is 0 Å². The Morgan fingerprint density at radius 1 is 1.58 bits per heavy atom. The van der Waals surface area contributed by atoms with Crippen molar-refractivity contribution < 1.29 is 9.53 Å². The molecule has 0 unspecified atom stereocenters. The molecule has 5 nitrogen and oxygen atoms in total. The van der Waals surface area contributed by atoms with Gasteiger partial charge < -0.3 is 10.5 Å². The lowest BCUT2D eigenvalue weighted by Gasteiger charge is -2.31. The third-order valence-corrected chi connectivity index (χ3v) is 4.82. The van der Waals surface area contributed by atoms with Crippen LogP contribution in [0, 0.1) is 5.92 Å². The van der Waals surface area contributed by atoms with E-state index in [9.17, 15) is 4.79 Å². The van der Waals surface area contributed by atoms with E-state index in [0.717, 1.165) is 47.7 Å². The van der Waals surface area contributed by atoms with Crippen molar-refractivity contribution in [1.82, 2.24) is 9.88 Å². The molecule has 19 heavy (non-hydrogen) atoms. The highest BCUT2D eigenvalue weighted by Crippen LogP contribution is 2.24. The van der Waals surface area contributed by atoms with Gasteiger partial charge in [0.25, 0.3) is 0 Å². The van der Waals surface area contributed by atoms with Crippen LogP contribution in [-0.4, -0.2) is 35.7 Å². The Balaban J connectivity index is 1.66. The molecule has 0 saturated carbocycles. The molecule has 0 atom stereocenters. The lowest BCUT2D eigenvalue weighted by Crippen LogP contribution is -2.33. The van der Waals surface area contributed by atoms with Crippen molar-refractivity contribution in [1.29, 1.82) is 0 Å². The van der Waals surface area contributed by atoms with Crippen LogP contribution in [0.25, 0.3) is 0 Å². The summed E-state index contributed by atoms with van der Waals surface area (Å²) in [6.45, 7) is 3.54. The van der Waals surface area contributed by atoms with Gasteiger partial charge in [-0.15, -0.1) is 11.3 Å². The molecule has 1 fully saturated rings. The molecular weight excluding hydrogens is 330 g/mol. The standard InChI is InChI=1S/C12H18BrN3O2S/c13-10-7-15-11(19-10)8-16-4-1-9(2-5-16)3-6-18-12(14)17/h7,9H,1-6,8H2,(H2,14,17). The van der Waals surface area contributed by atoms with Crippen LogP contribution >= 0.6 is 27.3 Å². The molecule has 2 N–H and O–H groups in total. The number of carbonyl (C=O) groups is 1. The SMILES string of the molecule is NC(=O)OCCC1CCN(Cc2ncc(Br)s2)CC1. The van der Waals surface area contributed by atoms with Crippen molar-refractivity contribution in [2.45, 2.75) is 25.8 Å². The van der Waals surface area contributed by atoms with E-state index in [-0.39, 0.29) is 0 Å². The zero-order chi connectivity index (χ0) is 13.7. The van der Waals surface area contributed by atoms with Gasteiger partial charge in [-0.3, -0.25) is 4.90 Å². The van der Waals surface area contributed by atoms with Gasteiger partial charge in [-0.2, -0.15) is 0 Å². The molecule has 1 aromatic heterocycles. The van der Waals surface area contributed by atoms with Crippen LogP contribution in [-0.2, 0) is 11.3 Å². The predicted octanol–water partition coefficient (Wildman–Crippen LogP) is 2.60. The molecule has 1 amide bonds. The number of hydrogen-bond acceptors (Lipinski definition) is 5. The van der Waals surface area contributed by atoms with Crippen molar-refractivity contribution >= 4 is 33.4 Å². The molecule has 0 aliphatic carbocycles. The number of likely N-dealkylation sites (tertiary alicyclic amines) is 1. The van der Waals surface area contributed by atoms with Crippen molar-refractivity contribution in [3.8, 4) is 0 Å². The second-order valence-electron chi connectivity index (χ2n) is 4.73.